The molecule has 0 radical (unpaired) electrons. The van der Waals surface area contributed by atoms with E-state index in [9.17, 15) is 4.39 Å². The van der Waals surface area contributed by atoms with Crippen molar-refractivity contribution < 1.29 is 4.39 Å². The summed E-state index contributed by atoms with van der Waals surface area (Å²) in [6.07, 6.45) is 0. The van der Waals surface area contributed by atoms with Crippen LogP contribution < -0.4 is 5.32 Å². The van der Waals surface area contributed by atoms with Crippen LogP contribution in [0.4, 0.5) is 4.39 Å². The Morgan fingerprint density at radius 2 is 2.05 bits per heavy atom. The highest BCUT2D eigenvalue weighted by atomic mass is 19.1. The van der Waals surface area contributed by atoms with E-state index >= 15 is 0 Å². The first-order valence-corrected chi connectivity index (χ1v) is 6.58. The van der Waals surface area contributed by atoms with Crippen LogP contribution in [0, 0.1) is 24.1 Å². The molecule has 0 aromatic heterocycles. The van der Waals surface area contributed by atoms with Gasteiger partial charge in [0.15, 0.2) is 0 Å². The minimum Gasteiger partial charge on any atom is -0.306 e. The summed E-state index contributed by atoms with van der Waals surface area (Å²) in [7, 11) is 0. The molecule has 0 fully saturated rings. The lowest BCUT2D eigenvalue weighted by molar-refractivity contribution is 0.572. The molecule has 2 rings (SSSR count). The van der Waals surface area contributed by atoms with Gasteiger partial charge in [-0.15, -0.1) is 0 Å². The summed E-state index contributed by atoms with van der Waals surface area (Å²) in [5.41, 5.74) is 3.44. The number of aryl methyl sites for hydroxylation is 1. The summed E-state index contributed by atoms with van der Waals surface area (Å²) in [4.78, 5) is 0. The molecule has 3 heteroatoms. The fourth-order valence-electron chi connectivity index (χ4n) is 2.10. The zero-order chi connectivity index (χ0) is 14.5. The molecular weight excluding hydrogens is 251 g/mol. The molecule has 2 aromatic carbocycles. The van der Waals surface area contributed by atoms with Gasteiger partial charge in [-0.2, -0.15) is 5.26 Å². The number of rotatable bonds is 4. The molecule has 0 heterocycles. The van der Waals surface area contributed by atoms with Crippen molar-refractivity contribution >= 4 is 0 Å². The topological polar surface area (TPSA) is 35.8 Å². The zero-order valence-electron chi connectivity index (χ0n) is 11.7. The second-order valence-electron chi connectivity index (χ2n) is 4.94. The molecule has 0 aliphatic heterocycles. The molecule has 1 N–H and O–H groups in total. The molecule has 1 atom stereocenters. The van der Waals surface area contributed by atoms with Gasteiger partial charge in [0.1, 0.15) is 11.9 Å². The SMILES string of the molecule is Cc1cccc([C@@H](C)NCc2ccc(F)c(C#N)c2)c1. The van der Waals surface area contributed by atoms with Gasteiger partial charge in [0.25, 0.3) is 0 Å². The lowest BCUT2D eigenvalue weighted by atomic mass is 10.1. The summed E-state index contributed by atoms with van der Waals surface area (Å²) in [5.74, 6) is -0.469. The van der Waals surface area contributed by atoms with Crippen LogP contribution in [0.3, 0.4) is 0 Å². The van der Waals surface area contributed by atoms with Crippen LogP contribution in [0.2, 0.25) is 0 Å². The van der Waals surface area contributed by atoms with E-state index in [1.807, 2.05) is 12.1 Å². The molecule has 2 aromatic rings. The third kappa shape index (κ3) is 3.43. The van der Waals surface area contributed by atoms with Crippen LogP contribution >= 0.6 is 0 Å². The van der Waals surface area contributed by atoms with Crippen LogP contribution in [0.1, 0.15) is 35.2 Å². The molecule has 0 aliphatic rings. The highest BCUT2D eigenvalue weighted by Gasteiger charge is 2.06. The maximum absolute atomic E-state index is 13.2. The first kappa shape index (κ1) is 14.2. The predicted octanol–water partition coefficient (Wildman–Crippen LogP) is 3.86. The molecule has 0 aliphatic carbocycles. The van der Waals surface area contributed by atoms with Crippen LogP contribution in [0.25, 0.3) is 0 Å². The first-order valence-electron chi connectivity index (χ1n) is 6.58. The number of nitriles is 1. The highest BCUT2D eigenvalue weighted by Crippen LogP contribution is 2.15. The summed E-state index contributed by atoms with van der Waals surface area (Å²) in [5, 5.41) is 12.2. The van der Waals surface area contributed by atoms with E-state index in [4.69, 9.17) is 5.26 Å². The summed E-state index contributed by atoms with van der Waals surface area (Å²) in [6.45, 7) is 4.75. The van der Waals surface area contributed by atoms with Gasteiger partial charge in [0.2, 0.25) is 0 Å². The van der Waals surface area contributed by atoms with Crippen LogP contribution in [-0.2, 0) is 6.54 Å². The van der Waals surface area contributed by atoms with Gasteiger partial charge in [-0.25, -0.2) is 4.39 Å². The van der Waals surface area contributed by atoms with Crippen molar-refractivity contribution in [3.8, 4) is 6.07 Å². The minimum atomic E-state index is -0.469. The van der Waals surface area contributed by atoms with Gasteiger partial charge in [0.05, 0.1) is 5.56 Å². The third-order valence-electron chi connectivity index (χ3n) is 3.31. The van der Waals surface area contributed by atoms with Crippen LogP contribution in [-0.4, -0.2) is 0 Å². The third-order valence-corrected chi connectivity index (χ3v) is 3.31. The summed E-state index contributed by atoms with van der Waals surface area (Å²) < 4.78 is 13.2. The Kier molecular flexibility index (Phi) is 4.49. The molecule has 0 saturated heterocycles. The monoisotopic (exact) mass is 268 g/mol. The Balaban J connectivity index is 2.04. The largest absolute Gasteiger partial charge is 0.306 e. The Hall–Kier alpha value is -2.18. The summed E-state index contributed by atoms with van der Waals surface area (Å²) >= 11 is 0. The number of hydrogen-bond donors (Lipinski definition) is 1. The molecule has 0 spiro atoms. The van der Waals surface area contributed by atoms with Gasteiger partial charge < -0.3 is 5.32 Å². The van der Waals surface area contributed by atoms with Crippen molar-refractivity contribution in [2.45, 2.75) is 26.4 Å². The lowest BCUT2D eigenvalue weighted by Crippen LogP contribution is -2.18. The van der Waals surface area contributed by atoms with Gasteiger partial charge in [0, 0.05) is 12.6 Å². The molecule has 20 heavy (non-hydrogen) atoms. The van der Waals surface area contributed by atoms with Crippen LogP contribution in [0.5, 0.6) is 0 Å². The molecular formula is C17H17FN2. The van der Waals surface area contributed by atoms with Gasteiger partial charge in [-0.1, -0.05) is 35.9 Å². The smallest absolute Gasteiger partial charge is 0.140 e. The van der Waals surface area contributed by atoms with Gasteiger partial charge in [-0.3, -0.25) is 0 Å². The number of halogens is 1. The maximum atomic E-state index is 13.2. The van der Waals surface area contributed by atoms with Crippen molar-refractivity contribution in [3.05, 3.63) is 70.5 Å². The number of nitrogens with zero attached hydrogens (tertiary/aromatic N) is 1. The maximum Gasteiger partial charge on any atom is 0.140 e. The summed E-state index contributed by atoms with van der Waals surface area (Å²) in [6, 6.07) is 15.0. The highest BCUT2D eigenvalue weighted by molar-refractivity contribution is 5.34. The molecule has 0 bridgehead atoms. The van der Waals surface area contributed by atoms with E-state index in [1.54, 1.807) is 12.1 Å². The normalized spacial score (nSPS) is 11.9. The molecule has 0 amide bonds. The van der Waals surface area contributed by atoms with Crippen molar-refractivity contribution in [3.63, 3.8) is 0 Å². The number of nitrogens with one attached hydrogen (secondary N) is 1. The average Bonchev–Trinajstić information content (AvgIpc) is 2.46. The molecule has 102 valence electrons. The van der Waals surface area contributed by atoms with Crippen molar-refractivity contribution in [1.82, 2.24) is 5.32 Å². The molecule has 2 nitrogen and oxygen atoms in total. The van der Waals surface area contributed by atoms with Crippen LogP contribution in [0.15, 0.2) is 42.5 Å². The van der Waals surface area contributed by atoms with E-state index in [2.05, 4.69) is 37.4 Å². The Labute approximate surface area is 118 Å². The average molecular weight is 268 g/mol. The molecule has 0 saturated carbocycles. The van der Waals surface area contributed by atoms with Crippen molar-refractivity contribution in [2.75, 3.05) is 0 Å². The predicted molar refractivity (Wildman–Crippen MR) is 77.5 cm³/mol. The second-order valence-corrected chi connectivity index (χ2v) is 4.94. The van der Waals surface area contributed by atoms with E-state index in [-0.39, 0.29) is 11.6 Å². The second kappa shape index (κ2) is 6.31. The fourth-order valence-corrected chi connectivity index (χ4v) is 2.10. The van der Waals surface area contributed by atoms with E-state index in [0.717, 1.165) is 5.56 Å². The van der Waals surface area contributed by atoms with Crippen molar-refractivity contribution in [2.24, 2.45) is 0 Å². The fraction of sp³-hybridized carbons (Fsp3) is 0.235. The quantitative estimate of drug-likeness (QED) is 0.914. The standard InChI is InChI=1S/C17H17FN2/c1-12-4-3-5-15(8-12)13(2)20-11-14-6-7-17(18)16(9-14)10-19/h3-9,13,20H,11H2,1-2H3/t13-/m1/s1. The van der Waals surface area contributed by atoms with E-state index < -0.39 is 5.82 Å². The number of hydrogen-bond acceptors (Lipinski definition) is 2. The van der Waals surface area contributed by atoms with Gasteiger partial charge >= 0.3 is 0 Å². The van der Waals surface area contributed by atoms with E-state index in [1.165, 1.54) is 17.2 Å². The van der Waals surface area contributed by atoms with Crippen molar-refractivity contribution in [1.29, 1.82) is 5.26 Å². The Morgan fingerprint density at radius 3 is 2.75 bits per heavy atom. The zero-order valence-corrected chi connectivity index (χ0v) is 11.7. The Bertz CT molecular complexity index is 644. The lowest BCUT2D eigenvalue weighted by Gasteiger charge is -2.15. The number of benzene rings is 2. The Morgan fingerprint density at radius 1 is 1.25 bits per heavy atom. The first-order chi connectivity index (χ1) is 9.60. The van der Waals surface area contributed by atoms with Gasteiger partial charge in [-0.05, 0) is 37.1 Å². The minimum absolute atomic E-state index is 0.0903. The molecule has 0 unspecified atom stereocenters. The van der Waals surface area contributed by atoms with E-state index in [0.29, 0.717) is 6.54 Å².